The van der Waals surface area contributed by atoms with Crippen molar-refractivity contribution >= 4 is 5.78 Å². The Kier molecular flexibility index (Phi) is 6.55. The summed E-state index contributed by atoms with van der Waals surface area (Å²) in [6, 6.07) is 0. The molecular formula is C14H20O. The van der Waals surface area contributed by atoms with Crippen LogP contribution in [0.15, 0.2) is 36.5 Å². The van der Waals surface area contributed by atoms with Crippen molar-refractivity contribution < 1.29 is 4.79 Å². The monoisotopic (exact) mass is 204 g/mol. The second-order valence-corrected chi connectivity index (χ2v) is 3.90. The number of hydrogen-bond donors (Lipinski definition) is 0. The van der Waals surface area contributed by atoms with Gasteiger partial charge in [0, 0.05) is 6.42 Å². The molecule has 1 heteroatoms. The molecule has 0 fully saturated rings. The third-order valence-electron chi connectivity index (χ3n) is 2.47. The van der Waals surface area contributed by atoms with Crippen LogP contribution in [0.2, 0.25) is 0 Å². The van der Waals surface area contributed by atoms with Gasteiger partial charge in [-0.15, -0.1) is 0 Å². The average Bonchev–Trinajstić information content (AvgIpc) is 2.24. The summed E-state index contributed by atoms with van der Waals surface area (Å²) in [5.41, 5.74) is 0. The summed E-state index contributed by atoms with van der Waals surface area (Å²) in [6.07, 6.45) is 19.6. The maximum Gasteiger partial charge on any atom is 0.155 e. The van der Waals surface area contributed by atoms with Gasteiger partial charge >= 0.3 is 0 Å². The van der Waals surface area contributed by atoms with E-state index in [1.807, 2.05) is 6.08 Å². The first kappa shape index (κ1) is 12.0. The summed E-state index contributed by atoms with van der Waals surface area (Å²) < 4.78 is 0. The van der Waals surface area contributed by atoms with Gasteiger partial charge in [-0.1, -0.05) is 30.4 Å². The Balaban J connectivity index is 2.38. The standard InChI is InChI=1S/C14H20O/c15-14-12-10-8-6-4-2-1-3-5-7-9-11-13-14/h1-2,4,6,11,13H,3,5,7-10,12H2. The molecule has 0 saturated heterocycles. The van der Waals surface area contributed by atoms with Gasteiger partial charge < -0.3 is 0 Å². The van der Waals surface area contributed by atoms with E-state index in [4.69, 9.17) is 0 Å². The molecule has 0 aliphatic heterocycles. The lowest BCUT2D eigenvalue weighted by Gasteiger charge is -1.95. The van der Waals surface area contributed by atoms with E-state index in [9.17, 15) is 4.79 Å². The zero-order valence-corrected chi connectivity index (χ0v) is 9.32. The number of rotatable bonds is 0. The van der Waals surface area contributed by atoms with Crippen molar-refractivity contribution in [3.8, 4) is 0 Å². The first-order chi connectivity index (χ1) is 7.39. The summed E-state index contributed by atoms with van der Waals surface area (Å²) in [5.74, 6) is 0.274. The zero-order valence-electron chi connectivity index (χ0n) is 9.32. The van der Waals surface area contributed by atoms with E-state index in [0.29, 0.717) is 6.42 Å². The fourth-order valence-corrected chi connectivity index (χ4v) is 1.57. The quantitative estimate of drug-likeness (QED) is 0.583. The molecule has 0 saturated carbocycles. The summed E-state index contributed by atoms with van der Waals surface area (Å²) >= 11 is 0. The van der Waals surface area contributed by atoms with Crippen LogP contribution in [0.5, 0.6) is 0 Å². The van der Waals surface area contributed by atoms with Gasteiger partial charge in [0.1, 0.15) is 0 Å². The fourth-order valence-electron chi connectivity index (χ4n) is 1.57. The van der Waals surface area contributed by atoms with Gasteiger partial charge in [0.2, 0.25) is 0 Å². The minimum Gasteiger partial charge on any atom is -0.295 e. The van der Waals surface area contributed by atoms with E-state index < -0.39 is 0 Å². The van der Waals surface area contributed by atoms with Gasteiger partial charge in [-0.05, 0) is 44.6 Å². The highest BCUT2D eigenvalue weighted by Crippen LogP contribution is 2.05. The van der Waals surface area contributed by atoms with Crippen molar-refractivity contribution in [1.82, 2.24) is 0 Å². The van der Waals surface area contributed by atoms with Gasteiger partial charge in [0.25, 0.3) is 0 Å². The molecule has 1 aliphatic rings. The third-order valence-corrected chi connectivity index (χ3v) is 2.47. The molecule has 0 aromatic heterocycles. The van der Waals surface area contributed by atoms with Crippen LogP contribution >= 0.6 is 0 Å². The largest absolute Gasteiger partial charge is 0.295 e. The van der Waals surface area contributed by atoms with Crippen molar-refractivity contribution in [3.63, 3.8) is 0 Å². The molecule has 1 nitrogen and oxygen atoms in total. The van der Waals surface area contributed by atoms with Gasteiger partial charge in [-0.3, -0.25) is 4.79 Å². The van der Waals surface area contributed by atoms with Crippen LogP contribution in [0.4, 0.5) is 0 Å². The molecule has 0 amide bonds. The predicted octanol–water partition coefficient (Wildman–Crippen LogP) is 3.97. The highest BCUT2D eigenvalue weighted by Gasteiger charge is 1.95. The topological polar surface area (TPSA) is 17.1 Å². The highest BCUT2D eigenvalue weighted by atomic mass is 16.1. The van der Waals surface area contributed by atoms with Crippen LogP contribution in [0, 0.1) is 0 Å². The molecular weight excluding hydrogens is 184 g/mol. The molecule has 0 atom stereocenters. The number of carbonyl (C=O) groups excluding carboxylic acids is 1. The van der Waals surface area contributed by atoms with Gasteiger partial charge in [0.15, 0.2) is 5.78 Å². The highest BCUT2D eigenvalue weighted by molar-refractivity contribution is 5.89. The van der Waals surface area contributed by atoms with Crippen LogP contribution in [0.25, 0.3) is 0 Å². The lowest BCUT2D eigenvalue weighted by molar-refractivity contribution is -0.114. The summed E-state index contributed by atoms with van der Waals surface area (Å²) in [7, 11) is 0. The Morgan fingerprint density at radius 1 is 0.800 bits per heavy atom. The number of carbonyl (C=O) groups is 1. The van der Waals surface area contributed by atoms with E-state index in [2.05, 4.69) is 24.3 Å². The van der Waals surface area contributed by atoms with Crippen LogP contribution in [-0.4, -0.2) is 5.78 Å². The van der Waals surface area contributed by atoms with Crippen LogP contribution in [0.3, 0.4) is 0 Å². The zero-order chi connectivity index (χ0) is 10.8. The Morgan fingerprint density at radius 2 is 1.40 bits per heavy atom. The molecule has 0 radical (unpaired) electrons. The molecule has 0 aromatic rings. The maximum absolute atomic E-state index is 11.3. The third kappa shape index (κ3) is 6.89. The fraction of sp³-hybridized carbons (Fsp3) is 0.500. The Morgan fingerprint density at radius 3 is 2.13 bits per heavy atom. The molecule has 0 bridgehead atoms. The maximum atomic E-state index is 11.3. The van der Waals surface area contributed by atoms with Gasteiger partial charge in [0.05, 0.1) is 0 Å². The van der Waals surface area contributed by atoms with Gasteiger partial charge in [-0.2, -0.15) is 0 Å². The first-order valence-corrected chi connectivity index (χ1v) is 5.90. The SMILES string of the molecule is O=C1C=CCCCCC=CC=CCCC1. The molecule has 1 aliphatic carbocycles. The van der Waals surface area contributed by atoms with E-state index in [-0.39, 0.29) is 5.78 Å². The molecule has 82 valence electrons. The van der Waals surface area contributed by atoms with Crippen LogP contribution < -0.4 is 0 Å². The van der Waals surface area contributed by atoms with E-state index in [1.54, 1.807) is 6.08 Å². The summed E-state index contributed by atoms with van der Waals surface area (Å²) in [4.78, 5) is 11.3. The molecule has 15 heavy (non-hydrogen) atoms. The van der Waals surface area contributed by atoms with Crippen molar-refractivity contribution in [3.05, 3.63) is 36.5 Å². The lowest BCUT2D eigenvalue weighted by atomic mass is 10.1. The molecule has 0 heterocycles. The average molecular weight is 204 g/mol. The van der Waals surface area contributed by atoms with Crippen molar-refractivity contribution in [2.45, 2.75) is 44.9 Å². The van der Waals surface area contributed by atoms with Crippen molar-refractivity contribution in [1.29, 1.82) is 0 Å². The summed E-state index contributed by atoms with van der Waals surface area (Å²) in [6.45, 7) is 0. The van der Waals surface area contributed by atoms with E-state index in [0.717, 1.165) is 25.7 Å². The van der Waals surface area contributed by atoms with Crippen molar-refractivity contribution in [2.24, 2.45) is 0 Å². The molecule has 0 aromatic carbocycles. The second-order valence-electron chi connectivity index (χ2n) is 3.90. The minimum atomic E-state index is 0.274. The minimum absolute atomic E-state index is 0.274. The van der Waals surface area contributed by atoms with E-state index >= 15 is 0 Å². The van der Waals surface area contributed by atoms with Crippen LogP contribution in [-0.2, 0) is 4.79 Å². The summed E-state index contributed by atoms with van der Waals surface area (Å²) in [5, 5.41) is 0. The number of allylic oxidation sites excluding steroid dienone is 6. The Labute approximate surface area is 92.6 Å². The Bertz CT molecular complexity index is 259. The molecule has 0 unspecified atom stereocenters. The van der Waals surface area contributed by atoms with E-state index in [1.165, 1.54) is 12.8 Å². The predicted molar refractivity (Wildman–Crippen MR) is 64.7 cm³/mol. The molecule has 0 spiro atoms. The number of ketones is 1. The van der Waals surface area contributed by atoms with Gasteiger partial charge in [-0.25, -0.2) is 0 Å². The molecule has 0 N–H and O–H groups in total. The normalized spacial score (nSPS) is 20.1. The van der Waals surface area contributed by atoms with Crippen molar-refractivity contribution in [2.75, 3.05) is 0 Å². The smallest absolute Gasteiger partial charge is 0.155 e. The van der Waals surface area contributed by atoms with Crippen LogP contribution in [0.1, 0.15) is 44.9 Å². The first-order valence-electron chi connectivity index (χ1n) is 5.90. The Hall–Kier alpha value is -1.11. The second kappa shape index (κ2) is 8.22. The molecule has 1 rings (SSSR count). The lowest BCUT2D eigenvalue weighted by Crippen LogP contribution is -1.91. The number of hydrogen-bond acceptors (Lipinski definition) is 1.